The van der Waals surface area contributed by atoms with Gasteiger partial charge in [0.15, 0.2) is 5.65 Å². The predicted octanol–water partition coefficient (Wildman–Crippen LogP) is 4.17. The van der Waals surface area contributed by atoms with Crippen LogP contribution in [0.4, 0.5) is 0 Å². The zero-order valence-corrected chi connectivity index (χ0v) is 18.8. The van der Waals surface area contributed by atoms with Crippen LogP contribution in [0, 0.1) is 0 Å². The number of benzene rings is 2. The average Bonchev–Trinajstić information content (AvgIpc) is 3.26. The van der Waals surface area contributed by atoms with Gasteiger partial charge in [-0.1, -0.05) is 60.7 Å². The maximum Gasteiger partial charge on any atom is 0.305 e. The van der Waals surface area contributed by atoms with Crippen LogP contribution < -0.4 is 0 Å². The summed E-state index contributed by atoms with van der Waals surface area (Å²) in [5, 5.41) is 5.25. The van der Waals surface area contributed by atoms with Gasteiger partial charge in [0.25, 0.3) is 5.91 Å². The number of carbonyl (C=O) groups is 2. The summed E-state index contributed by atoms with van der Waals surface area (Å²) in [6.07, 6.45) is 2.50. The fraction of sp³-hybridized carbons (Fsp3) is 0.231. The largest absolute Gasteiger partial charge is 0.469 e. The zero-order valence-electron chi connectivity index (χ0n) is 18.8. The van der Waals surface area contributed by atoms with Crippen molar-refractivity contribution in [2.75, 3.05) is 20.7 Å². The van der Waals surface area contributed by atoms with E-state index in [0.717, 1.165) is 11.1 Å². The van der Waals surface area contributed by atoms with Crippen LogP contribution in [0.15, 0.2) is 72.9 Å². The smallest absolute Gasteiger partial charge is 0.305 e. The summed E-state index contributed by atoms with van der Waals surface area (Å²) in [5.41, 5.74) is 3.94. The highest BCUT2D eigenvalue weighted by atomic mass is 16.5. The molecular formula is C26H26N4O3. The summed E-state index contributed by atoms with van der Waals surface area (Å²) in [6, 6.07) is 21.6. The van der Waals surface area contributed by atoms with Crippen LogP contribution in [0.2, 0.25) is 0 Å². The Labute approximate surface area is 192 Å². The second kappa shape index (κ2) is 10.1. The first kappa shape index (κ1) is 22.2. The van der Waals surface area contributed by atoms with Crippen molar-refractivity contribution in [1.29, 1.82) is 0 Å². The van der Waals surface area contributed by atoms with E-state index in [1.165, 1.54) is 7.11 Å². The highest BCUT2D eigenvalue weighted by molar-refractivity contribution is 6.06. The molecule has 7 heteroatoms. The molecule has 0 aliphatic rings. The molecule has 33 heavy (non-hydrogen) atoms. The highest BCUT2D eigenvalue weighted by Gasteiger charge is 2.20. The zero-order chi connectivity index (χ0) is 23.2. The molecule has 4 rings (SSSR count). The van der Waals surface area contributed by atoms with E-state index < -0.39 is 0 Å². The molecule has 2 aromatic heterocycles. The number of hydrogen-bond acceptors (Lipinski definition) is 5. The van der Waals surface area contributed by atoms with Crippen molar-refractivity contribution in [3.05, 3.63) is 84.1 Å². The molecule has 168 valence electrons. The second-order valence-corrected chi connectivity index (χ2v) is 7.85. The van der Waals surface area contributed by atoms with Gasteiger partial charge in [-0.05, 0) is 18.1 Å². The van der Waals surface area contributed by atoms with E-state index in [4.69, 9.17) is 4.98 Å². The molecule has 7 nitrogen and oxygen atoms in total. The van der Waals surface area contributed by atoms with Crippen LogP contribution in [-0.2, 0) is 16.1 Å². The van der Waals surface area contributed by atoms with Gasteiger partial charge in [-0.15, -0.1) is 0 Å². The molecule has 1 amide bonds. The predicted molar refractivity (Wildman–Crippen MR) is 127 cm³/mol. The van der Waals surface area contributed by atoms with Gasteiger partial charge in [-0.2, -0.15) is 5.10 Å². The van der Waals surface area contributed by atoms with Crippen LogP contribution in [0.25, 0.3) is 22.3 Å². The van der Waals surface area contributed by atoms with Crippen LogP contribution in [0.1, 0.15) is 28.8 Å². The van der Waals surface area contributed by atoms with Crippen LogP contribution in [0.3, 0.4) is 0 Å². The summed E-state index contributed by atoms with van der Waals surface area (Å²) in [4.78, 5) is 31.3. The number of nitrogens with zero attached hydrogens (tertiary/aromatic N) is 4. The second-order valence-electron chi connectivity index (χ2n) is 7.85. The fourth-order valence-corrected chi connectivity index (χ4v) is 3.72. The first-order valence-electron chi connectivity index (χ1n) is 10.8. The molecule has 2 aromatic carbocycles. The van der Waals surface area contributed by atoms with E-state index in [0.29, 0.717) is 41.8 Å². The maximum absolute atomic E-state index is 13.4. The van der Waals surface area contributed by atoms with Gasteiger partial charge in [0.1, 0.15) is 0 Å². The Bertz CT molecular complexity index is 1250. The number of rotatable bonds is 8. The Hall–Kier alpha value is -4.00. The average molecular weight is 443 g/mol. The van der Waals surface area contributed by atoms with E-state index in [2.05, 4.69) is 9.84 Å². The highest BCUT2D eigenvalue weighted by Crippen LogP contribution is 2.26. The number of carbonyl (C=O) groups excluding carboxylic acids is 2. The number of fused-ring (bicyclic) bond motifs is 1. The van der Waals surface area contributed by atoms with Crippen LogP contribution in [0.5, 0.6) is 0 Å². The normalized spacial score (nSPS) is 10.8. The molecule has 0 N–H and O–H groups in total. The van der Waals surface area contributed by atoms with Crippen LogP contribution in [-0.4, -0.2) is 52.2 Å². The van der Waals surface area contributed by atoms with Gasteiger partial charge < -0.3 is 9.64 Å². The summed E-state index contributed by atoms with van der Waals surface area (Å²) in [5.74, 6) is -0.417. The minimum absolute atomic E-state index is 0.135. The van der Waals surface area contributed by atoms with E-state index in [9.17, 15) is 9.59 Å². The third-order valence-electron chi connectivity index (χ3n) is 5.53. The van der Waals surface area contributed by atoms with Gasteiger partial charge in [0, 0.05) is 25.6 Å². The van der Waals surface area contributed by atoms with E-state index >= 15 is 0 Å². The monoisotopic (exact) mass is 442 g/mol. The number of esters is 1. The molecule has 0 saturated carbocycles. The third kappa shape index (κ3) is 5.09. The molecule has 0 saturated heterocycles. The third-order valence-corrected chi connectivity index (χ3v) is 5.53. The molecular weight excluding hydrogens is 416 g/mol. The molecule has 0 fully saturated rings. The van der Waals surface area contributed by atoms with Crippen molar-refractivity contribution in [1.82, 2.24) is 19.7 Å². The number of amides is 1. The summed E-state index contributed by atoms with van der Waals surface area (Å²) >= 11 is 0. The lowest BCUT2D eigenvalue weighted by Crippen LogP contribution is -2.28. The summed E-state index contributed by atoms with van der Waals surface area (Å²) in [6.45, 7) is 0.995. The summed E-state index contributed by atoms with van der Waals surface area (Å²) in [7, 11) is 3.10. The van der Waals surface area contributed by atoms with Crippen molar-refractivity contribution in [3.63, 3.8) is 0 Å². The molecule has 2 heterocycles. The number of ether oxygens (including phenoxy) is 1. The van der Waals surface area contributed by atoms with E-state index in [1.54, 1.807) is 18.1 Å². The number of methoxy groups -OCH3 is 1. The van der Waals surface area contributed by atoms with E-state index in [-0.39, 0.29) is 18.3 Å². The quantitative estimate of drug-likeness (QED) is 0.383. The number of aromatic nitrogens is 3. The lowest BCUT2D eigenvalue weighted by Gasteiger charge is -2.18. The Kier molecular flexibility index (Phi) is 6.78. The van der Waals surface area contributed by atoms with Crippen molar-refractivity contribution in [2.45, 2.75) is 19.4 Å². The van der Waals surface area contributed by atoms with Gasteiger partial charge in [-0.25, -0.2) is 9.67 Å². The molecule has 0 aliphatic heterocycles. The van der Waals surface area contributed by atoms with Crippen molar-refractivity contribution in [2.24, 2.45) is 0 Å². The molecule has 0 spiro atoms. The molecule has 0 bridgehead atoms. The van der Waals surface area contributed by atoms with Gasteiger partial charge >= 0.3 is 5.97 Å². The van der Waals surface area contributed by atoms with E-state index in [1.807, 2.05) is 71.4 Å². The SMILES string of the molecule is COC(=O)CCCN(C)C(=O)c1cc(-c2ccccc2)nc2c1cnn2Cc1ccccc1. The lowest BCUT2D eigenvalue weighted by atomic mass is 10.1. The lowest BCUT2D eigenvalue weighted by molar-refractivity contribution is -0.140. The minimum Gasteiger partial charge on any atom is -0.469 e. The Balaban J connectivity index is 1.71. The molecule has 0 radical (unpaired) electrons. The molecule has 0 aliphatic carbocycles. The van der Waals surface area contributed by atoms with Gasteiger partial charge in [0.05, 0.1) is 36.5 Å². The Morgan fingerprint density at radius 1 is 1.03 bits per heavy atom. The molecule has 0 unspecified atom stereocenters. The minimum atomic E-state index is -0.282. The summed E-state index contributed by atoms with van der Waals surface area (Å²) < 4.78 is 6.51. The van der Waals surface area contributed by atoms with Crippen molar-refractivity contribution >= 4 is 22.9 Å². The first-order chi connectivity index (χ1) is 16.1. The number of hydrogen-bond donors (Lipinski definition) is 0. The number of pyridine rings is 1. The van der Waals surface area contributed by atoms with Crippen molar-refractivity contribution in [3.8, 4) is 11.3 Å². The standard InChI is InChI=1S/C26H26N4O3/c1-29(15-9-14-24(31)33-2)26(32)21-16-23(20-12-7-4-8-13-20)28-25-22(21)17-27-30(25)18-19-10-5-3-6-11-19/h3-8,10-13,16-17H,9,14-15,18H2,1-2H3. The van der Waals surface area contributed by atoms with Crippen LogP contribution >= 0.6 is 0 Å². The first-order valence-corrected chi connectivity index (χ1v) is 10.8. The van der Waals surface area contributed by atoms with Gasteiger partial charge in [-0.3, -0.25) is 9.59 Å². The Morgan fingerprint density at radius 3 is 2.42 bits per heavy atom. The molecule has 0 atom stereocenters. The van der Waals surface area contributed by atoms with Gasteiger partial charge in [0.2, 0.25) is 0 Å². The van der Waals surface area contributed by atoms with Crippen molar-refractivity contribution < 1.29 is 14.3 Å². The molecule has 4 aromatic rings. The fourth-order valence-electron chi connectivity index (χ4n) is 3.72. The maximum atomic E-state index is 13.4. The topological polar surface area (TPSA) is 77.3 Å². The Morgan fingerprint density at radius 2 is 1.73 bits per heavy atom.